The molecule has 4 rings (SSSR count). The van der Waals surface area contributed by atoms with Crippen molar-refractivity contribution in [3.63, 3.8) is 0 Å². The Morgan fingerprint density at radius 1 is 0.938 bits per heavy atom. The normalized spacial score (nSPS) is 10.9. The maximum atomic E-state index is 12.5. The molecule has 0 saturated carbocycles. The van der Waals surface area contributed by atoms with Crippen LogP contribution in [-0.2, 0) is 4.79 Å². The van der Waals surface area contributed by atoms with E-state index in [1.807, 2.05) is 66.1 Å². The third kappa shape index (κ3) is 5.03. The fourth-order valence-electron chi connectivity index (χ4n) is 3.21. The van der Waals surface area contributed by atoms with Crippen LogP contribution in [0.1, 0.15) is 16.7 Å². The third-order valence-electron chi connectivity index (χ3n) is 5.15. The number of hydrogen-bond donors (Lipinski definition) is 1. The second kappa shape index (κ2) is 9.59. The molecule has 162 valence electrons. The van der Waals surface area contributed by atoms with Crippen LogP contribution >= 0.6 is 23.4 Å². The molecule has 3 aromatic carbocycles. The van der Waals surface area contributed by atoms with Crippen LogP contribution in [0.25, 0.3) is 17.1 Å². The number of aryl methyl sites for hydroxylation is 3. The first-order chi connectivity index (χ1) is 15.4. The quantitative estimate of drug-likeness (QED) is 0.344. The fourth-order valence-corrected chi connectivity index (χ4v) is 4.09. The van der Waals surface area contributed by atoms with E-state index in [9.17, 15) is 4.79 Å². The highest BCUT2D eigenvalue weighted by molar-refractivity contribution is 7.99. The van der Waals surface area contributed by atoms with Gasteiger partial charge in [-0.15, -0.1) is 10.2 Å². The Kier molecular flexibility index (Phi) is 6.63. The zero-order valence-electron chi connectivity index (χ0n) is 18.1. The number of hydrogen-bond acceptors (Lipinski definition) is 4. The predicted octanol–water partition coefficient (Wildman–Crippen LogP) is 6.24. The van der Waals surface area contributed by atoms with Gasteiger partial charge in [0.15, 0.2) is 11.0 Å². The van der Waals surface area contributed by atoms with Crippen molar-refractivity contribution in [3.8, 4) is 17.1 Å². The van der Waals surface area contributed by atoms with E-state index in [4.69, 9.17) is 11.6 Å². The van der Waals surface area contributed by atoms with E-state index in [1.165, 1.54) is 22.9 Å². The molecule has 0 spiro atoms. The molecule has 0 atom stereocenters. The van der Waals surface area contributed by atoms with Crippen LogP contribution in [0.5, 0.6) is 0 Å². The zero-order valence-corrected chi connectivity index (χ0v) is 19.7. The molecular formula is C25H23ClN4OS. The minimum absolute atomic E-state index is 0.0958. The van der Waals surface area contributed by atoms with Crippen molar-refractivity contribution in [2.24, 2.45) is 0 Å². The van der Waals surface area contributed by atoms with Crippen molar-refractivity contribution in [1.29, 1.82) is 0 Å². The minimum atomic E-state index is -0.0958. The third-order valence-corrected chi connectivity index (χ3v) is 6.33. The van der Waals surface area contributed by atoms with Gasteiger partial charge in [0.05, 0.1) is 11.4 Å². The standard InChI is InChI=1S/C25H23ClN4OS/c1-16-4-11-21(12-5-16)27-23(31)15-32-25-29-28-24(19-7-9-20(26)10-8-19)30(25)22-13-6-17(2)18(3)14-22/h4-14H,15H2,1-3H3,(H,27,31). The Morgan fingerprint density at radius 3 is 2.34 bits per heavy atom. The second-order valence-electron chi connectivity index (χ2n) is 7.62. The van der Waals surface area contributed by atoms with E-state index >= 15 is 0 Å². The number of thioether (sulfide) groups is 1. The van der Waals surface area contributed by atoms with E-state index in [1.54, 1.807) is 0 Å². The lowest BCUT2D eigenvalue weighted by Gasteiger charge is -2.12. The van der Waals surface area contributed by atoms with Gasteiger partial charge in [-0.05, 0) is 80.4 Å². The van der Waals surface area contributed by atoms with E-state index in [2.05, 4.69) is 41.5 Å². The lowest BCUT2D eigenvalue weighted by molar-refractivity contribution is -0.113. The first-order valence-corrected chi connectivity index (χ1v) is 11.6. The Bertz CT molecular complexity index is 1250. The Balaban J connectivity index is 1.62. The molecule has 0 fully saturated rings. The summed E-state index contributed by atoms with van der Waals surface area (Å²) in [6, 6.07) is 21.5. The highest BCUT2D eigenvalue weighted by Crippen LogP contribution is 2.29. The van der Waals surface area contributed by atoms with Gasteiger partial charge in [-0.2, -0.15) is 0 Å². The summed E-state index contributed by atoms with van der Waals surface area (Å²) in [6.45, 7) is 6.17. The van der Waals surface area contributed by atoms with Gasteiger partial charge in [0, 0.05) is 16.3 Å². The molecule has 32 heavy (non-hydrogen) atoms. The minimum Gasteiger partial charge on any atom is -0.325 e. The van der Waals surface area contributed by atoms with Gasteiger partial charge >= 0.3 is 0 Å². The lowest BCUT2D eigenvalue weighted by atomic mass is 10.1. The molecule has 1 N–H and O–H groups in total. The van der Waals surface area contributed by atoms with Gasteiger partial charge in [0.1, 0.15) is 0 Å². The van der Waals surface area contributed by atoms with E-state index in [0.717, 1.165) is 22.5 Å². The van der Waals surface area contributed by atoms with E-state index in [-0.39, 0.29) is 11.7 Å². The van der Waals surface area contributed by atoms with Crippen LogP contribution in [-0.4, -0.2) is 26.4 Å². The number of carbonyl (C=O) groups excluding carboxylic acids is 1. The smallest absolute Gasteiger partial charge is 0.234 e. The molecule has 0 bridgehead atoms. The average Bonchev–Trinajstić information content (AvgIpc) is 3.20. The molecule has 5 nitrogen and oxygen atoms in total. The number of amides is 1. The zero-order chi connectivity index (χ0) is 22.7. The molecule has 0 radical (unpaired) electrons. The molecule has 0 aliphatic heterocycles. The summed E-state index contributed by atoms with van der Waals surface area (Å²) >= 11 is 7.42. The number of halogens is 1. The maximum Gasteiger partial charge on any atom is 0.234 e. The van der Waals surface area contributed by atoms with Crippen molar-refractivity contribution < 1.29 is 4.79 Å². The summed E-state index contributed by atoms with van der Waals surface area (Å²) in [4.78, 5) is 12.5. The average molecular weight is 463 g/mol. The monoisotopic (exact) mass is 462 g/mol. The molecule has 0 aliphatic rings. The van der Waals surface area contributed by atoms with Gasteiger partial charge in [0.2, 0.25) is 5.91 Å². The molecule has 4 aromatic rings. The molecule has 1 heterocycles. The molecule has 0 unspecified atom stereocenters. The maximum absolute atomic E-state index is 12.5. The Labute approximate surface area is 196 Å². The Morgan fingerprint density at radius 2 is 1.66 bits per heavy atom. The highest BCUT2D eigenvalue weighted by atomic mass is 35.5. The predicted molar refractivity (Wildman–Crippen MR) is 132 cm³/mol. The summed E-state index contributed by atoms with van der Waals surface area (Å²) in [5.74, 6) is 0.824. The van der Waals surface area contributed by atoms with E-state index in [0.29, 0.717) is 16.0 Å². The van der Waals surface area contributed by atoms with Crippen molar-refractivity contribution in [3.05, 3.63) is 88.4 Å². The number of aromatic nitrogens is 3. The molecule has 1 aromatic heterocycles. The van der Waals surface area contributed by atoms with Gasteiger partial charge in [-0.25, -0.2) is 0 Å². The summed E-state index contributed by atoms with van der Waals surface area (Å²) in [7, 11) is 0. The Hall–Kier alpha value is -3.09. The summed E-state index contributed by atoms with van der Waals surface area (Å²) in [5, 5.41) is 13.1. The van der Waals surface area contributed by atoms with Crippen LogP contribution in [0.3, 0.4) is 0 Å². The molecular weight excluding hydrogens is 440 g/mol. The summed E-state index contributed by atoms with van der Waals surface area (Å²) < 4.78 is 1.99. The SMILES string of the molecule is Cc1ccc(NC(=O)CSc2nnc(-c3ccc(Cl)cc3)n2-c2ccc(C)c(C)c2)cc1. The van der Waals surface area contributed by atoms with Crippen molar-refractivity contribution >= 4 is 35.0 Å². The van der Waals surface area contributed by atoms with Gasteiger partial charge in [0.25, 0.3) is 0 Å². The lowest BCUT2D eigenvalue weighted by Crippen LogP contribution is -2.14. The van der Waals surface area contributed by atoms with Crippen LogP contribution in [0.4, 0.5) is 5.69 Å². The van der Waals surface area contributed by atoms with Crippen molar-refractivity contribution in [2.75, 3.05) is 11.1 Å². The van der Waals surface area contributed by atoms with Gasteiger partial charge < -0.3 is 5.32 Å². The van der Waals surface area contributed by atoms with Gasteiger partial charge in [-0.3, -0.25) is 9.36 Å². The number of nitrogens with zero attached hydrogens (tertiary/aromatic N) is 3. The molecule has 1 amide bonds. The van der Waals surface area contributed by atoms with Crippen LogP contribution in [0, 0.1) is 20.8 Å². The number of anilines is 1. The highest BCUT2D eigenvalue weighted by Gasteiger charge is 2.18. The van der Waals surface area contributed by atoms with E-state index < -0.39 is 0 Å². The first kappa shape index (κ1) is 22.1. The summed E-state index contributed by atoms with van der Waals surface area (Å²) in [5.41, 5.74) is 6.15. The fraction of sp³-hybridized carbons (Fsp3) is 0.160. The number of nitrogens with one attached hydrogen (secondary N) is 1. The number of carbonyl (C=O) groups is 1. The second-order valence-corrected chi connectivity index (χ2v) is 9.00. The van der Waals surface area contributed by atoms with Crippen LogP contribution < -0.4 is 5.32 Å². The molecule has 0 saturated heterocycles. The molecule has 0 aliphatic carbocycles. The van der Waals surface area contributed by atoms with Crippen molar-refractivity contribution in [2.45, 2.75) is 25.9 Å². The topological polar surface area (TPSA) is 59.8 Å². The number of rotatable bonds is 6. The largest absolute Gasteiger partial charge is 0.325 e. The molecule has 7 heteroatoms. The number of benzene rings is 3. The van der Waals surface area contributed by atoms with Crippen molar-refractivity contribution in [1.82, 2.24) is 14.8 Å². The van der Waals surface area contributed by atoms with Gasteiger partial charge in [-0.1, -0.05) is 47.1 Å². The van der Waals surface area contributed by atoms with Crippen LogP contribution in [0.15, 0.2) is 71.9 Å². The first-order valence-electron chi connectivity index (χ1n) is 10.2. The summed E-state index contributed by atoms with van der Waals surface area (Å²) in [6.07, 6.45) is 0. The van der Waals surface area contributed by atoms with Crippen LogP contribution in [0.2, 0.25) is 5.02 Å².